The Kier molecular flexibility index (Phi) is 6.01. The molecule has 0 saturated carbocycles. The van der Waals surface area contributed by atoms with Crippen LogP contribution in [-0.2, 0) is 20.7 Å². The summed E-state index contributed by atoms with van der Waals surface area (Å²) in [7, 11) is 0. The van der Waals surface area contributed by atoms with E-state index in [9.17, 15) is 18.8 Å². The lowest BCUT2D eigenvalue weighted by molar-refractivity contribution is -0.147. The summed E-state index contributed by atoms with van der Waals surface area (Å²) in [6.07, 6.45) is 0.0234. The number of ether oxygens (including phenoxy) is 1. The first-order valence-corrected chi connectivity index (χ1v) is 7.09. The summed E-state index contributed by atoms with van der Waals surface area (Å²) in [4.78, 5) is 34.7. The van der Waals surface area contributed by atoms with E-state index in [2.05, 4.69) is 5.32 Å². The monoisotopic (exact) mass is 330 g/mol. The summed E-state index contributed by atoms with van der Waals surface area (Å²) in [5, 5.41) is 4.12. The van der Waals surface area contributed by atoms with Crippen LogP contribution in [0.15, 0.2) is 54.6 Å². The molecule has 6 nitrogen and oxygen atoms in total. The molecule has 0 atom stereocenters. The molecule has 3 amide bonds. The van der Waals surface area contributed by atoms with Gasteiger partial charge in [-0.05, 0) is 17.7 Å². The third-order valence-electron chi connectivity index (χ3n) is 2.93. The average Bonchev–Trinajstić information content (AvgIpc) is 2.56. The van der Waals surface area contributed by atoms with Gasteiger partial charge in [-0.1, -0.05) is 42.5 Å². The van der Waals surface area contributed by atoms with Gasteiger partial charge in [0.25, 0.3) is 5.91 Å². The quantitative estimate of drug-likeness (QED) is 0.824. The molecule has 2 N–H and O–H groups in total. The number of carbonyl (C=O) groups is 3. The first kappa shape index (κ1) is 17.1. The van der Waals surface area contributed by atoms with Crippen LogP contribution >= 0.6 is 0 Å². The van der Waals surface area contributed by atoms with Crippen LogP contribution < -0.4 is 10.6 Å². The number of rotatable bonds is 5. The first-order chi connectivity index (χ1) is 11.5. The Balaban J connectivity index is 1.74. The Labute approximate surface area is 137 Å². The molecule has 124 valence electrons. The van der Waals surface area contributed by atoms with Gasteiger partial charge in [-0.15, -0.1) is 0 Å². The second-order valence-electron chi connectivity index (χ2n) is 4.81. The van der Waals surface area contributed by atoms with Crippen LogP contribution in [0.3, 0.4) is 0 Å². The number of nitrogens with one attached hydrogen (secondary N) is 2. The maximum atomic E-state index is 13.4. The summed E-state index contributed by atoms with van der Waals surface area (Å²) >= 11 is 0. The van der Waals surface area contributed by atoms with E-state index in [1.54, 1.807) is 24.3 Å². The zero-order valence-corrected chi connectivity index (χ0v) is 12.6. The predicted molar refractivity (Wildman–Crippen MR) is 84.7 cm³/mol. The molecular formula is C17H15FN2O4. The van der Waals surface area contributed by atoms with E-state index in [1.165, 1.54) is 24.3 Å². The molecule has 7 heteroatoms. The van der Waals surface area contributed by atoms with Crippen molar-refractivity contribution >= 4 is 23.6 Å². The third-order valence-corrected chi connectivity index (χ3v) is 2.93. The molecule has 0 fully saturated rings. The molecule has 2 aromatic carbocycles. The summed E-state index contributed by atoms with van der Waals surface area (Å²) in [6.45, 7) is -0.601. The van der Waals surface area contributed by atoms with Crippen molar-refractivity contribution in [1.82, 2.24) is 5.32 Å². The maximum Gasteiger partial charge on any atom is 0.326 e. The van der Waals surface area contributed by atoms with E-state index in [0.717, 1.165) is 5.56 Å². The number of anilines is 1. The number of esters is 1. The van der Waals surface area contributed by atoms with Gasteiger partial charge < -0.3 is 10.1 Å². The fourth-order valence-corrected chi connectivity index (χ4v) is 1.84. The van der Waals surface area contributed by atoms with E-state index in [-0.39, 0.29) is 12.1 Å². The molecule has 24 heavy (non-hydrogen) atoms. The van der Waals surface area contributed by atoms with Gasteiger partial charge in [-0.3, -0.25) is 14.9 Å². The lowest BCUT2D eigenvalue weighted by Gasteiger charge is -2.08. The van der Waals surface area contributed by atoms with Crippen LogP contribution in [0, 0.1) is 5.82 Å². The van der Waals surface area contributed by atoms with Crippen LogP contribution in [0.1, 0.15) is 5.56 Å². The third kappa shape index (κ3) is 5.53. The molecule has 0 radical (unpaired) electrons. The number of carbonyl (C=O) groups excluding carboxylic acids is 3. The zero-order valence-electron chi connectivity index (χ0n) is 12.6. The summed E-state index contributed by atoms with van der Waals surface area (Å²) < 4.78 is 18.1. The zero-order chi connectivity index (χ0) is 17.4. The van der Waals surface area contributed by atoms with Crippen molar-refractivity contribution in [3.05, 3.63) is 66.0 Å². The van der Waals surface area contributed by atoms with Crippen LogP contribution in [0.4, 0.5) is 14.9 Å². The number of benzene rings is 2. The van der Waals surface area contributed by atoms with Crippen molar-refractivity contribution in [1.29, 1.82) is 0 Å². The number of para-hydroxylation sites is 1. The van der Waals surface area contributed by atoms with Crippen LogP contribution in [0.5, 0.6) is 0 Å². The second-order valence-corrected chi connectivity index (χ2v) is 4.81. The van der Waals surface area contributed by atoms with Crippen molar-refractivity contribution < 1.29 is 23.5 Å². The van der Waals surface area contributed by atoms with E-state index in [0.29, 0.717) is 0 Å². The van der Waals surface area contributed by atoms with Gasteiger partial charge in [-0.25, -0.2) is 9.18 Å². The van der Waals surface area contributed by atoms with Crippen molar-refractivity contribution in [2.24, 2.45) is 0 Å². The van der Waals surface area contributed by atoms with Crippen molar-refractivity contribution in [2.75, 3.05) is 11.9 Å². The van der Waals surface area contributed by atoms with E-state index < -0.39 is 30.3 Å². The van der Waals surface area contributed by atoms with Gasteiger partial charge in [0.2, 0.25) is 0 Å². The second kappa shape index (κ2) is 8.42. The molecule has 0 spiro atoms. The summed E-state index contributed by atoms with van der Waals surface area (Å²) in [5.41, 5.74) is 0.684. The number of hydrogen-bond donors (Lipinski definition) is 2. The lowest BCUT2D eigenvalue weighted by Crippen LogP contribution is -2.37. The van der Waals surface area contributed by atoms with Gasteiger partial charge in [0.1, 0.15) is 5.82 Å². The van der Waals surface area contributed by atoms with Gasteiger partial charge in [-0.2, -0.15) is 0 Å². The van der Waals surface area contributed by atoms with E-state index >= 15 is 0 Å². The largest absolute Gasteiger partial charge is 0.455 e. The molecule has 0 aromatic heterocycles. The molecule has 0 aliphatic heterocycles. The Bertz CT molecular complexity index is 734. The number of imide groups is 1. The number of urea groups is 1. The summed E-state index contributed by atoms with van der Waals surface area (Å²) in [5.74, 6) is -2.04. The molecular weight excluding hydrogens is 315 g/mol. The molecule has 0 saturated heterocycles. The average molecular weight is 330 g/mol. The van der Waals surface area contributed by atoms with Crippen molar-refractivity contribution in [2.45, 2.75) is 6.42 Å². The Hall–Kier alpha value is -3.22. The molecule has 2 rings (SSSR count). The van der Waals surface area contributed by atoms with Crippen LogP contribution in [0.2, 0.25) is 0 Å². The predicted octanol–water partition coefficient (Wildman–Crippen LogP) is 2.26. The number of hydrogen-bond acceptors (Lipinski definition) is 4. The molecule has 2 aromatic rings. The van der Waals surface area contributed by atoms with Crippen LogP contribution in [-0.4, -0.2) is 24.5 Å². The molecule has 0 unspecified atom stereocenters. The summed E-state index contributed by atoms with van der Waals surface area (Å²) in [6, 6.07) is 13.5. The Morgan fingerprint density at radius 2 is 1.62 bits per heavy atom. The fraction of sp³-hybridized carbons (Fsp3) is 0.118. The minimum Gasteiger partial charge on any atom is -0.455 e. The Morgan fingerprint density at radius 1 is 0.958 bits per heavy atom. The standard InChI is InChI=1S/C17H15FN2O4/c18-13-8-4-5-9-14(13)19-17(23)20-15(21)11-24-16(22)10-12-6-2-1-3-7-12/h1-9H,10-11H2,(H2,19,20,21,23). The highest BCUT2D eigenvalue weighted by Crippen LogP contribution is 2.11. The maximum absolute atomic E-state index is 13.4. The minimum atomic E-state index is -0.913. The smallest absolute Gasteiger partial charge is 0.326 e. The lowest BCUT2D eigenvalue weighted by atomic mass is 10.2. The van der Waals surface area contributed by atoms with Gasteiger partial charge in [0.05, 0.1) is 12.1 Å². The molecule has 0 heterocycles. The van der Waals surface area contributed by atoms with Gasteiger partial charge >= 0.3 is 12.0 Å². The van der Waals surface area contributed by atoms with E-state index in [4.69, 9.17) is 4.74 Å². The highest BCUT2D eigenvalue weighted by atomic mass is 19.1. The van der Waals surface area contributed by atoms with Crippen molar-refractivity contribution in [3.8, 4) is 0 Å². The molecule has 0 aliphatic rings. The number of amides is 3. The normalized spacial score (nSPS) is 9.88. The van der Waals surface area contributed by atoms with Gasteiger partial charge in [0.15, 0.2) is 6.61 Å². The number of halogens is 1. The van der Waals surface area contributed by atoms with E-state index in [1.807, 2.05) is 11.4 Å². The van der Waals surface area contributed by atoms with Crippen LogP contribution in [0.25, 0.3) is 0 Å². The highest BCUT2D eigenvalue weighted by molar-refractivity contribution is 6.01. The fourth-order valence-electron chi connectivity index (χ4n) is 1.84. The first-order valence-electron chi connectivity index (χ1n) is 7.09. The Morgan fingerprint density at radius 3 is 2.33 bits per heavy atom. The molecule has 0 aliphatic carbocycles. The molecule has 0 bridgehead atoms. The topological polar surface area (TPSA) is 84.5 Å². The van der Waals surface area contributed by atoms with Gasteiger partial charge in [0, 0.05) is 0 Å². The highest BCUT2D eigenvalue weighted by Gasteiger charge is 2.12. The van der Waals surface area contributed by atoms with Crippen molar-refractivity contribution in [3.63, 3.8) is 0 Å². The SMILES string of the molecule is O=C(COC(=O)Cc1ccccc1)NC(=O)Nc1ccccc1F. The minimum absolute atomic E-state index is 0.0234.